The Hall–Kier alpha value is -2.48. The molecule has 0 aliphatic heterocycles. The van der Waals surface area contributed by atoms with Crippen molar-refractivity contribution in [2.75, 3.05) is 12.4 Å². The fourth-order valence-corrected chi connectivity index (χ4v) is 2.31. The van der Waals surface area contributed by atoms with Crippen LogP contribution in [0.3, 0.4) is 0 Å². The number of nitriles is 1. The molecule has 0 saturated heterocycles. The highest BCUT2D eigenvalue weighted by Gasteiger charge is 2.13. The van der Waals surface area contributed by atoms with Gasteiger partial charge in [-0.1, -0.05) is 41.4 Å². The van der Waals surface area contributed by atoms with Gasteiger partial charge in [0, 0.05) is 0 Å². The molecule has 0 fully saturated rings. The van der Waals surface area contributed by atoms with Crippen molar-refractivity contribution in [1.29, 1.82) is 5.26 Å². The van der Waals surface area contributed by atoms with E-state index in [1.54, 1.807) is 49.6 Å². The van der Waals surface area contributed by atoms with Gasteiger partial charge in [0.15, 0.2) is 0 Å². The zero-order valence-corrected chi connectivity index (χ0v) is 13.7. The molecule has 0 spiro atoms. The first-order valence-corrected chi connectivity index (χ1v) is 7.32. The fraction of sp³-hybridized carbons (Fsp3) is 0.0588. The minimum Gasteiger partial charge on any atom is -0.497 e. The van der Waals surface area contributed by atoms with Crippen LogP contribution in [-0.4, -0.2) is 13.0 Å². The summed E-state index contributed by atoms with van der Waals surface area (Å²) in [5, 5.41) is 12.4. The number of nitrogens with zero attached hydrogens (tertiary/aromatic N) is 1. The highest BCUT2D eigenvalue weighted by atomic mass is 35.5. The number of hydrogen-bond acceptors (Lipinski definition) is 3. The van der Waals surface area contributed by atoms with E-state index in [4.69, 9.17) is 27.9 Å². The summed E-state index contributed by atoms with van der Waals surface area (Å²) >= 11 is 12.0. The Balaban J connectivity index is 2.24. The molecule has 116 valence electrons. The number of ether oxygens (including phenoxy) is 1. The molecule has 2 aromatic carbocycles. The first kappa shape index (κ1) is 16.9. The van der Waals surface area contributed by atoms with Gasteiger partial charge in [0.25, 0.3) is 5.91 Å². The molecule has 0 radical (unpaired) electrons. The van der Waals surface area contributed by atoms with Crippen molar-refractivity contribution < 1.29 is 9.53 Å². The summed E-state index contributed by atoms with van der Waals surface area (Å²) in [6.07, 6.45) is 1.47. The minimum atomic E-state index is -0.585. The van der Waals surface area contributed by atoms with Crippen LogP contribution in [0.25, 0.3) is 6.08 Å². The monoisotopic (exact) mass is 346 g/mol. The first-order chi connectivity index (χ1) is 11.0. The van der Waals surface area contributed by atoms with Crippen molar-refractivity contribution >= 4 is 40.9 Å². The van der Waals surface area contributed by atoms with Crippen LogP contribution in [0.4, 0.5) is 5.69 Å². The first-order valence-electron chi connectivity index (χ1n) is 6.56. The number of rotatable bonds is 4. The van der Waals surface area contributed by atoms with E-state index in [2.05, 4.69) is 5.32 Å². The number of methoxy groups -OCH3 is 1. The number of anilines is 1. The second kappa shape index (κ2) is 7.68. The van der Waals surface area contributed by atoms with E-state index in [9.17, 15) is 10.1 Å². The molecule has 0 aliphatic rings. The average Bonchev–Trinajstić information content (AvgIpc) is 2.56. The summed E-state index contributed by atoms with van der Waals surface area (Å²) in [4.78, 5) is 12.2. The smallest absolute Gasteiger partial charge is 0.266 e. The maximum atomic E-state index is 12.2. The fourth-order valence-electron chi connectivity index (χ4n) is 1.81. The molecule has 0 aromatic heterocycles. The molecule has 2 aromatic rings. The number of hydrogen-bond donors (Lipinski definition) is 1. The summed E-state index contributed by atoms with van der Waals surface area (Å²) in [6, 6.07) is 13.7. The average molecular weight is 347 g/mol. The van der Waals surface area contributed by atoms with Crippen LogP contribution in [0.1, 0.15) is 5.56 Å². The van der Waals surface area contributed by atoms with Crippen molar-refractivity contribution in [3.63, 3.8) is 0 Å². The van der Waals surface area contributed by atoms with E-state index in [1.165, 1.54) is 6.08 Å². The van der Waals surface area contributed by atoms with Gasteiger partial charge in [0.1, 0.15) is 17.4 Å². The summed E-state index contributed by atoms with van der Waals surface area (Å²) in [7, 11) is 1.56. The van der Waals surface area contributed by atoms with Gasteiger partial charge in [-0.2, -0.15) is 5.26 Å². The van der Waals surface area contributed by atoms with Crippen molar-refractivity contribution in [2.45, 2.75) is 0 Å². The Kier molecular flexibility index (Phi) is 5.64. The van der Waals surface area contributed by atoms with Crippen LogP contribution in [0.15, 0.2) is 48.0 Å². The SMILES string of the molecule is COc1ccc(/C=C(\C#N)C(=O)Nc2c(Cl)cccc2Cl)cc1. The van der Waals surface area contributed by atoms with E-state index in [0.29, 0.717) is 21.4 Å². The molecule has 0 atom stereocenters. The normalized spacial score (nSPS) is 10.8. The molecule has 0 heterocycles. The zero-order chi connectivity index (χ0) is 16.8. The summed E-state index contributed by atoms with van der Waals surface area (Å²) < 4.78 is 5.06. The van der Waals surface area contributed by atoms with Crippen molar-refractivity contribution in [2.24, 2.45) is 0 Å². The van der Waals surface area contributed by atoms with Gasteiger partial charge in [-0.05, 0) is 35.9 Å². The molecule has 0 aliphatic carbocycles. The third kappa shape index (κ3) is 4.26. The van der Waals surface area contributed by atoms with Crippen molar-refractivity contribution in [3.8, 4) is 11.8 Å². The van der Waals surface area contributed by atoms with Gasteiger partial charge in [-0.15, -0.1) is 0 Å². The lowest BCUT2D eigenvalue weighted by molar-refractivity contribution is -0.112. The minimum absolute atomic E-state index is 0.0637. The predicted octanol–water partition coefficient (Wildman–Crippen LogP) is 4.55. The molecule has 0 saturated carbocycles. The molecular weight excluding hydrogens is 335 g/mol. The lowest BCUT2D eigenvalue weighted by Gasteiger charge is -2.08. The second-order valence-electron chi connectivity index (χ2n) is 4.49. The molecule has 1 N–H and O–H groups in total. The summed E-state index contributed by atoms with van der Waals surface area (Å²) in [5.74, 6) is 0.103. The Morgan fingerprint density at radius 1 is 1.17 bits per heavy atom. The second-order valence-corrected chi connectivity index (χ2v) is 5.31. The molecular formula is C17H12Cl2N2O2. The van der Waals surface area contributed by atoms with E-state index >= 15 is 0 Å². The summed E-state index contributed by atoms with van der Waals surface area (Å²) in [5.41, 5.74) is 0.908. The van der Waals surface area contributed by atoms with E-state index < -0.39 is 5.91 Å². The maximum Gasteiger partial charge on any atom is 0.266 e. The van der Waals surface area contributed by atoms with Crippen LogP contribution in [-0.2, 0) is 4.79 Å². The number of carbonyl (C=O) groups excluding carboxylic acids is 1. The maximum absolute atomic E-state index is 12.2. The summed E-state index contributed by atoms with van der Waals surface area (Å²) in [6.45, 7) is 0. The van der Waals surface area contributed by atoms with Gasteiger partial charge in [0.05, 0.1) is 22.8 Å². The van der Waals surface area contributed by atoms with Crippen LogP contribution in [0.2, 0.25) is 10.0 Å². The lowest BCUT2D eigenvalue weighted by atomic mass is 10.1. The Morgan fingerprint density at radius 3 is 2.30 bits per heavy atom. The molecule has 23 heavy (non-hydrogen) atoms. The van der Waals surface area contributed by atoms with Crippen LogP contribution in [0, 0.1) is 11.3 Å². The van der Waals surface area contributed by atoms with Crippen LogP contribution in [0.5, 0.6) is 5.75 Å². The molecule has 1 amide bonds. The number of amides is 1. The molecule has 4 nitrogen and oxygen atoms in total. The molecule has 2 rings (SSSR count). The zero-order valence-electron chi connectivity index (χ0n) is 12.1. The quantitative estimate of drug-likeness (QED) is 0.652. The molecule has 0 bridgehead atoms. The largest absolute Gasteiger partial charge is 0.497 e. The standard InChI is InChI=1S/C17H12Cl2N2O2/c1-23-13-7-5-11(6-8-13)9-12(10-20)17(22)21-16-14(18)3-2-4-15(16)19/h2-9H,1H3,(H,21,22)/b12-9+. The third-order valence-corrected chi connectivity index (χ3v) is 3.62. The number of halogens is 2. The Labute approximate surface area is 143 Å². The Morgan fingerprint density at radius 2 is 1.78 bits per heavy atom. The van der Waals surface area contributed by atoms with Gasteiger partial charge in [-0.25, -0.2) is 0 Å². The number of nitrogens with one attached hydrogen (secondary N) is 1. The lowest BCUT2D eigenvalue weighted by Crippen LogP contribution is -2.14. The van der Waals surface area contributed by atoms with Crippen LogP contribution < -0.4 is 10.1 Å². The van der Waals surface area contributed by atoms with Gasteiger partial charge in [0.2, 0.25) is 0 Å². The number of carbonyl (C=O) groups is 1. The highest BCUT2D eigenvalue weighted by Crippen LogP contribution is 2.30. The Bertz CT molecular complexity index is 773. The van der Waals surface area contributed by atoms with E-state index in [1.807, 2.05) is 6.07 Å². The third-order valence-electron chi connectivity index (χ3n) is 2.99. The predicted molar refractivity (Wildman–Crippen MR) is 91.7 cm³/mol. The van der Waals surface area contributed by atoms with E-state index in [0.717, 1.165) is 0 Å². The molecule has 6 heteroatoms. The van der Waals surface area contributed by atoms with Crippen molar-refractivity contribution in [1.82, 2.24) is 0 Å². The highest BCUT2D eigenvalue weighted by molar-refractivity contribution is 6.40. The van der Waals surface area contributed by atoms with Crippen LogP contribution >= 0.6 is 23.2 Å². The van der Waals surface area contributed by atoms with E-state index in [-0.39, 0.29) is 11.3 Å². The number of para-hydroxylation sites is 1. The van der Waals surface area contributed by atoms with Gasteiger partial charge in [-0.3, -0.25) is 4.79 Å². The van der Waals surface area contributed by atoms with Gasteiger partial charge >= 0.3 is 0 Å². The number of benzene rings is 2. The van der Waals surface area contributed by atoms with Gasteiger partial charge < -0.3 is 10.1 Å². The van der Waals surface area contributed by atoms with Crippen molar-refractivity contribution in [3.05, 3.63) is 63.6 Å². The topological polar surface area (TPSA) is 62.1 Å². The molecule has 0 unspecified atom stereocenters.